The van der Waals surface area contributed by atoms with Crippen LogP contribution in [0.3, 0.4) is 0 Å². The molecule has 3 heteroatoms. The maximum Gasteiger partial charge on any atom is 0.341 e. The van der Waals surface area contributed by atoms with E-state index in [4.69, 9.17) is 4.74 Å². The number of hydrogen-bond donors (Lipinski definition) is 0. The third-order valence-corrected chi connectivity index (χ3v) is 1.73. The van der Waals surface area contributed by atoms with Crippen molar-refractivity contribution in [1.29, 1.82) is 0 Å². The van der Waals surface area contributed by atoms with Crippen LogP contribution in [0.15, 0.2) is 24.3 Å². The minimum absolute atomic E-state index is 0.0123. The molecule has 0 spiro atoms. The van der Waals surface area contributed by atoms with E-state index in [1.807, 2.05) is 20.8 Å². The number of rotatable bonds is 2. The number of halogens is 1. The molecule has 0 aliphatic heterocycles. The Morgan fingerprint density at radius 1 is 1.33 bits per heavy atom. The molecule has 0 unspecified atom stereocenters. The number of carbonyl (C=O) groups excluding carboxylic acids is 1. The number of hydrogen-bond acceptors (Lipinski definition) is 2. The second-order valence-corrected chi connectivity index (χ2v) is 4.62. The van der Waals surface area contributed by atoms with Crippen molar-refractivity contribution in [2.45, 2.75) is 20.8 Å². The molecule has 0 atom stereocenters. The van der Waals surface area contributed by atoms with E-state index in [1.54, 1.807) is 6.07 Å². The first kappa shape index (κ1) is 11.7. The maximum atomic E-state index is 13.2. The SMILES string of the molecule is CC(C)(C)COC(=O)c1ccccc1F. The molecule has 0 radical (unpaired) electrons. The molecule has 0 saturated carbocycles. The van der Waals surface area contributed by atoms with Crippen LogP contribution in [0.5, 0.6) is 0 Å². The molecule has 0 N–H and O–H groups in total. The molecular weight excluding hydrogens is 195 g/mol. The van der Waals surface area contributed by atoms with Gasteiger partial charge >= 0.3 is 5.97 Å². The Hall–Kier alpha value is -1.38. The molecule has 2 nitrogen and oxygen atoms in total. The van der Waals surface area contributed by atoms with Crippen molar-refractivity contribution in [3.05, 3.63) is 35.6 Å². The molecule has 0 heterocycles. The molecular formula is C12H15FO2. The van der Waals surface area contributed by atoms with Gasteiger partial charge in [0.25, 0.3) is 0 Å². The molecule has 1 rings (SSSR count). The first-order chi connectivity index (χ1) is 6.90. The van der Waals surface area contributed by atoms with E-state index in [-0.39, 0.29) is 17.6 Å². The van der Waals surface area contributed by atoms with Gasteiger partial charge in [0.2, 0.25) is 0 Å². The minimum Gasteiger partial charge on any atom is -0.461 e. The summed E-state index contributed by atoms with van der Waals surface area (Å²) in [5, 5.41) is 0. The van der Waals surface area contributed by atoms with Crippen LogP contribution in [-0.2, 0) is 4.74 Å². The van der Waals surface area contributed by atoms with Gasteiger partial charge in [-0.3, -0.25) is 0 Å². The number of benzene rings is 1. The average Bonchev–Trinajstić information content (AvgIpc) is 2.14. The monoisotopic (exact) mass is 210 g/mol. The Balaban J connectivity index is 2.66. The van der Waals surface area contributed by atoms with Gasteiger partial charge < -0.3 is 4.74 Å². The van der Waals surface area contributed by atoms with Crippen LogP contribution in [0.4, 0.5) is 4.39 Å². The molecule has 0 aromatic heterocycles. The van der Waals surface area contributed by atoms with Crippen LogP contribution in [0.2, 0.25) is 0 Å². The Labute approximate surface area is 89.1 Å². The quantitative estimate of drug-likeness (QED) is 0.701. The molecule has 0 aliphatic carbocycles. The van der Waals surface area contributed by atoms with Crippen LogP contribution in [0, 0.1) is 11.2 Å². The van der Waals surface area contributed by atoms with Crippen molar-refractivity contribution in [1.82, 2.24) is 0 Å². The molecule has 1 aromatic rings. The zero-order valence-corrected chi connectivity index (χ0v) is 9.21. The van der Waals surface area contributed by atoms with E-state index in [9.17, 15) is 9.18 Å². The first-order valence-electron chi connectivity index (χ1n) is 4.82. The standard InChI is InChI=1S/C12H15FO2/c1-12(2,3)8-15-11(14)9-6-4-5-7-10(9)13/h4-7H,8H2,1-3H3. The van der Waals surface area contributed by atoms with Gasteiger partial charge in [0.15, 0.2) is 0 Å². The predicted molar refractivity (Wildman–Crippen MR) is 56.1 cm³/mol. The van der Waals surface area contributed by atoms with Gasteiger partial charge in [0.05, 0.1) is 12.2 Å². The van der Waals surface area contributed by atoms with Crippen LogP contribution >= 0.6 is 0 Å². The highest BCUT2D eigenvalue weighted by atomic mass is 19.1. The lowest BCUT2D eigenvalue weighted by atomic mass is 9.99. The Bertz CT molecular complexity index is 353. The molecule has 82 valence electrons. The fourth-order valence-corrected chi connectivity index (χ4v) is 0.987. The minimum atomic E-state index is -0.608. The summed E-state index contributed by atoms with van der Waals surface area (Å²) in [6, 6.07) is 5.81. The van der Waals surface area contributed by atoms with Gasteiger partial charge in [-0.1, -0.05) is 32.9 Å². The number of esters is 1. The van der Waals surface area contributed by atoms with Gasteiger partial charge in [-0.05, 0) is 17.5 Å². The van der Waals surface area contributed by atoms with Crippen molar-refractivity contribution in [2.75, 3.05) is 6.61 Å². The predicted octanol–water partition coefficient (Wildman–Crippen LogP) is 3.03. The molecule has 1 aromatic carbocycles. The molecule has 0 saturated heterocycles. The second-order valence-electron chi connectivity index (χ2n) is 4.62. The van der Waals surface area contributed by atoms with Crippen molar-refractivity contribution in [2.24, 2.45) is 5.41 Å². The van der Waals surface area contributed by atoms with Gasteiger partial charge in [-0.15, -0.1) is 0 Å². The first-order valence-corrected chi connectivity index (χ1v) is 4.82. The summed E-state index contributed by atoms with van der Waals surface area (Å²) in [6.07, 6.45) is 0. The van der Waals surface area contributed by atoms with Gasteiger partial charge in [0, 0.05) is 0 Å². The summed E-state index contributed by atoms with van der Waals surface area (Å²) in [4.78, 5) is 11.4. The third-order valence-electron chi connectivity index (χ3n) is 1.73. The van der Waals surface area contributed by atoms with Crippen LogP contribution < -0.4 is 0 Å². The van der Waals surface area contributed by atoms with Crippen molar-refractivity contribution >= 4 is 5.97 Å². The van der Waals surface area contributed by atoms with E-state index in [0.717, 1.165) is 0 Å². The van der Waals surface area contributed by atoms with Crippen LogP contribution in [0.1, 0.15) is 31.1 Å². The number of carbonyl (C=O) groups is 1. The fourth-order valence-electron chi connectivity index (χ4n) is 0.987. The fraction of sp³-hybridized carbons (Fsp3) is 0.417. The lowest BCUT2D eigenvalue weighted by molar-refractivity contribution is 0.0361. The normalized spacial score (nSPS) is 11.2. The van der Waals surface area contributed by atoms with Gasteiger partial charge in [0.1, 0.15) is 5.82 Å². The summed E-state index contributed by atoms with van der Waals surface area (Å²) in [7, 11) is 0. The highest BCUT2D eigenvalue weighted by Crippen LogP contribution is 2.15. The topological polar surface area (TPSA) is 26.3 Å². The van der Waals surface area contributed by atoms with E-state index < -0.39 is 11.8 Å². The zero-order valence-electron chi connectivity index (χ0n) is 9.21. The van der Waals surface area contributed by atoms with Crippen LogP contribution in [0.25, 0.3) is 0 Å². The van der Waals surface area contributed by atoms with E-state index in [1.165, 1.54) is 18.2 Å². The van der Waals surface area contributed by atoms with Gasteiger partial charge in [-0.25, -0.2) is 9.18 Å². The summed E-state index contributed by atoms with van der Waals surface area (Å²) < 4.78 is 18.2. The highest BCUT2D eigenvalue weighted by Gasteiger charge is 2.16. The molecule has 15 heavy (non-hydrogen) atoms. The maximum absolute atomic E-state index is 13.2. The number of ether oxygens (including phenoxy) is 1. The Morgan fingerprint density at radius 3 is 2.47 bits per heavy atom. The van der Waals surface area contributed by atoms with Crippen molar-refractivity contribution < 1.29 is 13.9 Å². The molecule has 0 bridgehead atoms. The lowest BCUT2D eigenvalue weighted by Crippen LogP contribution is -2.19. The highest BCUT2D eigenvalue weighted by molar-refractivity contribution is 5.89. The summed E-state index contributed by atoms with van der Waals surface area (Å²) >= 11 is 0. The zero-order chi connectivity index (χ0) is 11.5. The van der Waals surface area contributed by atoms with Crippen molar-refractivity contribution in [3.8, 4) is 0 Å². The lowest BCUT2D eigenvalue weighted by Gasteiger charge is -2.17. The molecule has 0 amide bonds. The van der Waals surface area contributed by atoms with E-state index in [0.29, 0.717) is 0 Å². The summed E-state index contributed by atoms with van der Waals surface area (Å²) in [5.74, 6) is -1.15. The Kier molecular flexibility index (Phi) is 3.45. The molecule has 0 aliphatic rings. The summed E-state index contributed by atoms with van der Waals surface area (Å²) in [5.41, 5.74) is -0.122. The summed E-state index contributed by atoms with van der Waals surface area (Å²) in [6.45, 7) is 6.12. The third kappa shape index (κ3) is 3.70. The van der Waals surface area contributed by atoms with Crippen molar-refractivity contribution in [3.63, 3.8) is 0 Å². The smallest absolute Gasteiger partial charge is 0.341 e. The van der Waals surface area contributed by atoms with Gasteiger partial charge in [-0.2, -0.15) is 0 Å². The second kappa shape index (κ2) is 4.43. The van der Waals surface area contributed by atoms with E-state index in [2.05, 4.69) is 0 Å². The average molecular weight is 210 g/mol. The largest absolute Gasteiger partial charge is 0.461 e. The van der Waals surface area contributed by atoms with Crippen LogP contribution in [-0.4, -0.2) is 12.6 Å². The Morgan fingerprint density at radius 2 is 1.93 bits per heavy atom. The molecule has 0 fully saturated rings. The van der Waals surface area contributed by atoms with E-state index >= 15 is 0 Å².